The second kappa shape index (κ2) is 7.50. The lowest BCUT2D eigenvalue weighted by Crippen LogP contribution is -2.27. The largest absolute Gasteiger partial charge is 0.507 e. The van der Waals surface area contributed by atoms with Gasteiger partial charge in [-0.2, -0.15) is 0 Å². The Morgan fingerprint density at radius 3 is 2.93 bits per heavy atom. The van der Waals surface area contributed by atoms with Crippen molar-refractivity contribution < 1.29 is 14.6 Å². The molecule has 2 heterocycles. The molecule has 148 valence electrons. The molecule has 1 aliphatic carbocycles. The highest BCUT2D eigenvalue weighted by Crippen LogP contribution is 2.41. The Morgan fingerprint density at radius 1 is 1.10 bits per heavy atom. The lowest BCUT2D eigenvalue weighted by atomic mass is 10.0. The van der Waals surface area contributed by atoms with Gasteiger partial charge in [-0.25, -0.2) is 0 Å². The number of hydrogen-bond acceptors (Lipinski definition) is 5. The van der Waals surface area contributed by atoms with Gasteiger partial charge < -0.3 is 15.2 Å². The van der Waals surface area contributed by atoms with Crippen molar-refractivity contribution in [3.63, 3.8) is 0 Å². The van der Waals surface area contributed by atoms with E-state index in [1.54, 1.807) is 12.1 Å². The number of rotatable bonds is 3. The van der Waals surface area contributed by atoms with Crippen molar-refractivity contribution in [3.8, 4) is 11.5 Å². The fourth-order valence-electron chi connectivity index (χ4n) is 4.32. The summed E-state index contributed by atoms with van der Waals surface area (Å²) in [5.41, 5.74) is 4.65. The molecule has 0 amide bonds. The van der Waals surface area contributed by atoms with E-state index in [2.05, 4.69) is 28.4 Å². The summed E-state index contributed by atoms with van der Waals surface area (Å²) in [4.78, 5) is 15.3. The molecule has 0 bridgehead atoms. The lowest BCUT2D eigenvalue weighted by Gasteiger charge is -2.21. The molecule has 0 atom stereocenters. The third-order valence-corrected chi connectivity index (χ3v) is 5.89. The first kappa shape index (κ1) is 18.2. The van der Waals surface area contributed by atoms with Gasteiger partial charge in [0.05, 0.1) is 11.1 Å². The van der Waals surface area contributed by atoms with Gasteiger partial charge in [-0.15, -0.1) is 0 Å². The van der Waals surface area contributed by atoms with E-state index in [-0.39, 0.29) is 11.5 Å². The number of Topliss-reactive ketones (excluding diaryl/α,β-unsaturated/α-hetero) is 1. The number of fused-ring (bicyclic) bond motifs is 2. The summed E-state index contributed by atoms with van der Waals surface area (Å²) < 4.78 is 6.05. The number of carbonyl (C=O) groups excluding carboxylic acids is 1. The van der Waals surface area contributed by atoms with Crippen LogP contribution >= 0.6 is 0 Å². The number of nitrogens with one attached hydrogen (secondary N) is 1. The molecule has 5 heteroatoms. The summed E-state index contributed by atoms with van der Waals surface area (Å²) in [7, 11) is 0. The predicted octanol–water partition coefficient (Wildman–Crippen LogP) is 3.29. The molecule has 0 unspecified atom stereocenters. The van der Waals surface area contributed by atoms with E-state index in [1.807, 2.05) is 18.2 Å². The first-order chi connectivity index (χ1) is 14.2. The Bertz CT molecular complexity index is 1030. The lowest BCUT2D eigenvalue weighted by molar-refractivity contribution is 0.101. The molecule has 0 spiro atoms. The third-order valence-electron chi connectivity index (χ3n) is 5.89. The molecule has 5 nitrogen and oxygen atoms in total. The normalized spacial score (nSPS) is 20.2. The summed E-state index contributed by atoms with van der Waals surface area (Å²) in [6, 6.07) is 11.5. The average molecular weight is 388 g/mol. The smallest absolute Gasteiger partial charge is 0.231 e. The van der Waals surface area contributed by atoms with Crippen LogP contribution in [-0.4, -0.2) is 42.0 Å². The minimum atomic E-state index is -0.121. The van der Waals surface area contributed by atoms with E-state index in [0.717, 1.165) is 50.2 Å². The maximum absolute atomic E-state index is 13.0. The molecule has 2 aromatic carbocycles. The number of phenols is 1. The van der Waals surface area contributed by atoms with Gasteiger partial charge >= 0.3 is 0 Å². The molecule has 0 radical (unpaired) electrons. The molecule has 1 fully saturated rings. The highest BCUT2D eigenvalue weighted by atomic mass is 16.5. The van der Waals surface area contributed by atoms with Gasteiger partial charge in [0.2, 0.25) is 5.78 Å². The van der Waals surface area contributed by atoms with Crippen LogP contribution in [0.4, 0.5) is 0 Å². The number of carbonyl (C=O) groups is 1. The zero-order valence-corrected chi connectivity index (χ0v) is 16.3. The topological polar surface area (TPSA) is 61.8 Å². The van der Waals surface area contributed by atoms with Crippen LogP contribution in [0.25, 0.3) is 5.57 Å². The van der Waals surface area contributed by atoms with Crippen LogP contribution in [0.15, 0.2) is 54.3 Å². The summed E-state index contributed by atoms with van der Waals surface area (Å²) in [5, 5.41) is 13.9. The number of benzene rings is 2. The SMILES string of the molecule is O=C1/C(=C/C2=CCc3ccccc32)Oc2c1ccc(O)c2CN1CCCNCC1. The number of allylic oxidation sites excluding steroid dienone is 4. The Kier molecular flexibility index (Phi) is 4.70. The number of ether oxygens (including phenoxy) is 1. The quantitative estimate of drug-likeness (QED) is 0.790. The Morgan fingerprint density at radius 2 is 2.00 bits per heavy atom. The molecular formula is C24H24N2O3. The van der Waals surface area contributed by atoms with E-state index in [0.29, 0.717) is 29.2 Å². The highest BCUT2D eigenvalue weighted by molar-refractivity contribution is 6.14. The van der Waals surface area contributed by atoms with Crippen LogP contribution in [0.5, 0.6) is 11.5 Å². The van der Waals surface area contributed by atoms with Crippen molar-refractivity contribution in [2.75, 3.05) is 26.2 Å². The molecule has 0 saturated carbocycles. The molecule has 29 heavy (non-hydrogen) atoms. The number of hydrogen-bond donors (Lipinski definition) is 2. The molecule has 5 rings (SSSR count). The summed E-state index contributed by atoms with van der Waals surface area (Å²) in [5.74, 6) is 0.891. The van der Waals surface area contributed by atoms with E-state index >= 15 is 0 Å². The average Bonchev–Trinajstić information content (AvgIpc) is 3.15. The summed E-state index contributed by atoms with van der Waals surface area (Å²) >= 11 is 0. The van der Waals surface area contributed by atoms with Crippen molar-refractivity contribution >= 4 is 11.4 Å². The van der Waals surface area contributed by atoms with E-state index in [9.17, 15) is 9.90 Å². The fraction of sp³-hybridized carbons (Fsp3) is 0.292. The van der Waals surface area contributed by atoms with Gasteiger partial charge in [-0.05, 0) is 60.8 Å². The van der Waals surface area contributed by atoms with Crippen LogP contribution in [0, 0.1) is 0 Å². The minimum Gasteiger partial charge on any atom is -0.507 e. The summed E-state index contributed by atoms with van der Waals surface area (Å²) in [6.45, 7) is 4.37. The van der Waals surface area contributed by atoms with E-state index < -0.39 is 0 Å². The van der Waals surface area contributed by atoms with Gasteiger partial charge in [0, 0.05) is 19.6 Å². The van der Waals surface area contributed by atoms with Crippen molar-refractivity contribution in [1.29, 1.82) is 0 Å². The van der Waals surface area contributed by atoms with Crippen molar-refractivity contribution in [1.82, 2.24) is 10.2 Å². The first-order valence-electron chi connectivity index (χ1n) is 10.2. The Labute approximate surface area is 170 Å². The van der Waals surface area contributed by atoms with E-state index in [4.69, 9.17) is 4.74 Å². The molecule has 2 aliphatic heterocycles. The highest BCUT2D eigenvalue weighted by Gasteiger charge is 2.32. The second-order valence-electron chi connectivity index (χ2n) is 7.78. The van der Waals surface area contributed by atoms with Crippen molar-refractivity contribution in [3.05, 3.63) is 76.6 Å². The van der Waals surface area contributed by atoms with Crippen LogP contribution in [0.2, 0.25) is 0 Å². The van der Waals surface area contributed by atoms with Gasteiger partial charge in [0.25, 0.3) is 0 Å². The maximum atomic E-state index is 13.0. The molecule has 1 saturated heterocycles. The molecular weight excluding hydrogens is 364 g/mol. The number of nitrogens with zero attached hydrogens (tertiary/aromatic N) is 1. The first-order valence-corrected chi connectivity index (χ1v) is 10.2. The van der Waals surface area contributed by atoms with Crippen LogP contribution in [0.3, 0.4) is 0 Å². The third kappa shape index (κ3) is 3.37. The Balaban J connectivity index is 1.45. The zero-order valence-electron chi connectivity index (χ0n) is 16.3. The van der Waals surface area contributed by atoms with Gasteiger partial charge in [-0.3, -0.25) is 9.69 Å². The van der Waals surface area contributed by atoms with Crippen molar-refractivity contribution in [2.24, 2.45) is 0 Å². The van der Waals surface area contributed by atoms with Crippen molar-refractivity contribution in [2.45, 2.75) is 19.4 Å². The zero-order chi connectivity index (χ0) is 19.8. The standard InChI is InChI=1S/C24H24N2O3/c27-21-9-8-19-23(28)22(14-17-7-6-16-4-1-2-5-18(16)17)29-24(19)20(21)15-26-12-3-10-25-11-13-26/h1-2,4-5,7-9,14,25,27H,3,6,10-13,15H2/b22-14-. The van der Waals surface area contributed by atoms with E-state index in [1.165, 1.54) is 5.56 Å². The molecule has 2 N–H and O–H groups in total. The van der Waals surface area contributed by atoms with Crippen LogP contribution < -0.4 is 10.1 Å². The monoisotopic (exact) mass is 388 g/mol. The Hall–Kier alpha value is -2.89. The molecule has 3 aliphatic rings. The number of aromatic hydroxyl groups is 1. The second-order valence-corrected chi connectivity index (χ2v) is 7.78. The fourth-order valence-corrected chi connectivity index (χ4v) is 4.32. The number of phenolic OH excluding ortho intramolecular Hbond substituents is 1. The summed E-state index contributed by atoms with van der Waals surface area (Å²) in [6.07, 6.45) is 5.89. The van der Waals surface area contributed by atoms with Gasteiger partial charge in [0.1, 0.15) is 11.5 Å². The van der Waals surface area contributed by atoms with Crippen LogP contribution in [-0.2, 0) is 13.0 Å². The number of ketones is 1. The minimum absolute atomic E-state index is 0.121. The van der Waals surface area contributed by atoms with Gasteiger partial charge in [0.15, 0.2) is 5.76 Å². The predicted molar refractivity (Wildman–Crippen MR) is 112 cm³/mol. The van der Waals surface area contributed by atoms with Gasteiger partial charge in [-0.1, -0.05) is 30.3 Å². The molecule has 2 aromatic rings. The van der Waals surface area contributed by atoms with Crippen LogP contribution in [0.1, 0.15) is 33.5 Å². The maximum Gasteiger partial charge on any atom is 0.231 e. The molecule has 0 aromatic heterocycles.